The highest BCUT2D eigenvalue weighted by Gasteiger charge is 2.15. The van der Waals surface area contributed by atoms with Crippen LogP contribution in [0.2, 0.25) is 0 Å². The zero-order valence-corrected chi connectivity index (χ0v) is 10.1. The van der Waals surface area contributed by atoms with Gasteiger partial charge in [0.15, 0.2) is 0 Å². The van der Waals surface area contributed by atoms with Crippen LogP contribution < -0.4 is 10.2 Å². The molecule has 0 saturated carbocycles. The van der Waals surface area contributed by atoms with E-state index in [1.807, 2.05) is 30.3 Å². The van der Waals surface area contributed by atoms with Crippen LogP contribution in [-0.4, -0.2) is 49.5 Å². The SMILES string of the molecule is CN(CCO)c1ccc(NC2CCOC2)nc1. The number of nitrogens with zero attached hydrogens (tertiary/aromatic N) is 2. The first kappa shape index (κ1) is 12.1. The number of likely N-dealkylation sites (N-methyl/N-ethyl adjacent to an activating group) is 1. The van der Waals surface area contributed by atoms with Gasteiger partial charge < -0.3 is 20.1 Å². The van der Waals surface area contributed by atoms with Crippen LogP contribution in [-0.2, 0) is 4.74 Å². The molecule has 0 amide bonds. The lowest BCUT2D eigenvalue weighted by Gasteiger charge is -2.18. The van der Waals surface area contributed by atoms with Crippen molar-refractivity contribution < 1.29 is 9.84 Å². The Balaban J connectivity index is 1.92. The largest absolute Gasteiger partial charge is 0.395 e. The summed E-state index contributed by atoms with van der Waals surface area (Å²) in [6.07, 6.45) is 2.85. The molecule has 17 heavy (non-hydrogen) atoms. The van der Waals surface area contributed by atoms with Gasteiger partial charge in [0.25, 0.3) is 0 Å². The summed E-state index contributed by atoms with van der Waals surface area (Å²) in [5, 5.41) is 12.2. The molecule has 0 spiro atoms. The number of aliphatic hydroxyl groups is 1. The smallest absolute Gasteiger partial charge is 0.126 e. The fourth-order valence-electron chi connectivity index (χ4n) is 1.83. The second-order valence-corrected chi connectivity index (χ2v) is 4.25. The normalized spacial score (nSPS) is 19.3. The van der Waals surface area contributed by atoms with E-state index in [1.165, 1.54) is 0 Å². The summed E-state index contributed by atoms with van der Waals surface area (Å²) in [5.74, 6) is 0.877. The Bertz CT molecular complexity index is 336. The van der Waals surface area contributed by atoms with Gasteiger partial charge in [0.1, 0.15) is 5.82 Å². The van der Waals surface area contributed by atoms with Crippen LogP contribution in [0.25, 0.3) is 0 Å². The van der Waals surface area contributed by atoms with Crippen molar-refractivity contribution in [1.29, 1.82) is 0 Å². The van der Waals surface area contributed by atoms with E-state index in [0.29, 0.717) is 12.6 Å². The number of hydrogen-bond donors (Lipinski definition) is 2. The number of aromatic nitrogens is 1. The Morgan fingerprint density at radius 2 is 2.47 bits per heavy atom. The van der Waals surface area contributed by atoms with Crippen molar-refractivity contribution in [2.45, 2.75) is 12.5 Å². The first-order chi connectivity index (χ1) is 8.29. The third-order valence-electron chi connectivity index (χ3n) is 2.91. The maximum Gasteiger partial charge on any atom is 0.126 e. The lowest BCUT2D eigenvalue weighted by Crippen LogP contribution is -2.22. The first-order valence-electron chi connectivity index (χ1n) is 5.92. The molecule has 0 aromatic carbocycles. The van der Waals surface area contributed by atoms with Gasteiger partial charge in [0, 0.05) is 20.2 Å². The third-order valence-corrected chi connectivity index (χ3v) is 2.91. The van der Waals surface area contributed by atoms with Crippen molar-refractivity contribution in [2.24, 2.45) is 0 Å². The molecule has 0 bridgehead atoms. The highest BCUT2D eigenvalue weighted by atomic mass is 16.5. The molecule has 1 unspecified atom stereocenters. The second-order valence-electron chi connectivity index (χ2n) is 4.25. The van der Waals surface area contributed by atoms with E-state index in [-0.39, 0.29) is 6.61 Å². The summed E-state index contributed by atoms with van der Waals surface area (Å²) in [5.41, 5.74) is 1.01. The maximum atomic E-state index is 8.85. The summed E-state index contributed by atoms with van der Waals surface area (Å²) in [6, 6.07) is 4.34. The van der Waals surface area contributed by atoms with E-state index in [2.05, 4.69) is 10.3 Å². The Hall–Kier alpha value is -1.33. The van der Waals surface area contributed by atoms with Crippen molar-refractivity contribution >= 4 is 11.5 Å². The zero-order valence-electron chi connectivity index (χ0n) is 10.1. The van der Waals surface area contributed by atoms with E-state index < -0.39 is 0 Å². The molecule has 1 aromatic rings. The topological polar surface area (TPSA) is 57.6 Å². The van der Waals surface area contributed by atoms with Crippen LogP contribution in [0, 0.1) is 0 Å². The second kappa shape index (κ2) is 5.84. The van der Waals surface area contributed by atoms with Crippen molar-refractivity contribution in [2.75, 3.05) is 43.6 Å². The summed E-state index contributed by atoms with van der Waals surface area (Å²) in [7, 11) is 1.94. The minimum absolute atomic E-state index is 0.149. The van der Waals surface area contributed by atoms with Gasteiger partial charge in [-0.25, -0.2) is 4.98 Å². The quantitative estimate of drug-likeness (QED) is 0.790. The van der Waals surface area contributed by atoms with Gasteiger partial charge in [-0.1, -0.05) is 0 Å². The summed E-state index contributed by atoms with van der Waals surface area (Å²) in [4.78, 5) is 6.32. The average molecular weight is 237 g/mol. The molecule has 1 aromatic heterocycles. The van der Waals surface area contributed by atoms with E-state index in [0.717, 1.165) is 31.1 Å². The van der Waals surface area contributed by atoms with Crippen LogP contribution in [0.15, 0.2) is 18.3 Å². The molecule has 1 saturated heterocycles. The van der Waals surface area contributed by atoms with Gasteiger partial charge in [0.2, 0.25) is 0 Å². The minimum atomic E-state index is 0.149. The molecule has 2 heterocycles. The molecule has 5 nitrogen and oxygen atoms in total. The fourth-order valence-corrected chi connectivity index (χ4v) is 1.83. The molecule has 0 radical (unpaired) electrons. The van der Waals surface area contributed by atoms with Gasteiger partial charge in [-0.15, -0.1) is 0 Å². The molecule has 1 atom stereocenters. The van der Waals surface area contributed by atoms with E-state index >= 15 is 0 Å². The van der Waals surface area contributed by atoms with E-state index in [9.17, 15) is 0 Å². The number of pyridine rings is 1. The Morgan fingerprint density at radius 3 is 3.06 bits per heavy atom. The monoisotopic (exact) mass is 237 g/mol. The molecule has 1 aliphatic rings. The number of rotatable bonds is 5. The lowest BCUT2D eigenvalue weighted by molar-refractivity contribution is 0.195. The van der Waals surface area contributed by atoms with Crippen molar-refractivity contribution in [3.63, 3.8) is 0 Å². The standard InChI is InChI=1S/C12H19N3O2/c1-15(5-6-16)11-2-3-12(13-8-11)14-10-4-7-17-9-10/h2-3,8,10,16H,4-7,9H2,1H3,(H,13,14). The molecule has 0 aliphatic carbocycles. The fraction of sp³-hybridized carbons (Fsp3) is 0.583. The van der Waals surface area contributed by atoms with Crippen LogP contribution >= 0.6 is 0 Å². The van der Waals surface area contributed by atoms with Crippen molar-refractivity contribution in [3.8, 4) is 0 Å². The van der Waals surface area contributed by atoms with Gasteiger partial charge in [-0.2, -0.15) is 0 Å². The molecule has 5 heteroatoms. The molecular formula is C12H19N3O2. The molecule has 2 N–H and O–H groups in total. The van der Waals surface area contributed by atoms with Crippen LogP contribution in [0.1, 0.15) is 6.42 Å². The predicted octanol–water partition coefficient (Wildman–Crippen LogP) is 0.711. The number of hydrogen-bond acceptors (Lipinski definition) is 5. The number of anilines is 2. The van der Waals surface area contributed by atoms with Crippen LogP contribution in [0.4, 0.5) is 11.5 Å². The number of nitrogens with one attached hydrogen (secondary N) is 1. The average Bonchev–Trinajstić information content (AvgIpc) is 2.83. The van der Waals surface area contributed by atoms with Gasteiger partial charge >= 0.3 is 0 Å². The lowest BCUT2D eigenvalue weighted by atomic mass is 10.2. The molecule has 2 rings (SSSR count). The third kappa shape index (κ3) is 3.31. The predicted molar refractivity (Wildman–Crippen MR) is 67.4 cm³/mol. The summed E-state index contributed by atoms with van der Waals surface area (Å²) < 4.78 is 5.30. The molecule has 94 valence electrons. The van der Waals surface area contributed by atoms with Gasteiger partial charge in [-0.05, 0) is 18.6 Å². The number of aliphatic hydroxyl groups excluding tert-OH is 1. The Kier molecular flexibility index (Phi) is 4.17. The molecule has 1 fully saturated rings. The van der Waals surface area contributed by atoms with Crippen molar-refractivity contribution in [1.82, 2.24) is 4.98 Å². The highest BCUT2D eigenvalue weighted by Crippen LogP contribution is 2.15. The maximum absolute atomic E-state index is 8.85. The van der Waals surface area contributed by atoms with E-state index in [4.69, 9.17) is 9.84 Å². The zero-order chi connectivity index (χ0) is 12.1. The Labute approximate surface area is 101 Å². The first-order valence-corrected chi connectivity index (χ1v) is 5.92. The molecule has 1 aliphatic heterocycles. The van der Waals surface area contributed by atoms with Crippen LogP contribution in [0.3, 0.4) is 0 Å². The van der Waals surface area contributed by atoms with Crippen LogP contribution in [0.5, 0.6) is 0 Å². The number of ether oxygens (including phenoxy) is 1. The van der Waals surface area contributed by atoms with Crippen molar-refractivity contribution in [3.05, 3.63) is 18.3 Å². The van der Waals surface area contributed by atoms with Gasteiger partial charge in [0.05, 0.1) is 31.1 Å². The van der Waals surface area contributed by atoms with E-state index in [1.54, 1.807) is 0 Å². The molecular weight excluding hydrogens is 218 g/mol. The Morgan fingerprint density at radius 1 is 1.59 bits per heavy atom. The minimum Gasteiger partial charge on any atom is -0.395 e. The van der Waals surface area contributed by atoms with Gasteiger partial charge in [-0.3, -0.25) is 0 Å². The summed E-state index contributed by atoms with van der Waals surface area (Å²) >= 11 is 0. The summed E-state index contributed by atoms with van der Waals surface area (Å²) in [6.45, 7) is 2.35. The highest BCUT2D eigenvalue weighted by molar-refractivity contribution is 5.49.